The van der Waals surface area contributed by atoms with Gasteiger partial charge >= 0.3 is 0 Å². The summed E-state index contributed by atoms with van der Waals surface area (Å²) in [5.74, 6) is 0. The number of fused-ring (bicyclic) bond motifs is 4. The molecule has 22 heavy (non-hydrogen) atoms. The van der Waals surface area contributed by atoms with Crippen molar-refractivity contribution < 1.29 is 4.84 Å². The number of para-hydroxylation sites is 2. The van der Waals surface area contributed by atoms with E-state index in [9.17, 15) is 0 Å². The monoisotopic (exact) mass is 287 g/mol. The molecule has 0 bridgehead atoms. The van der Waals surface area contributed by atoms with Crippen LogP contribution in [0.2, 0.25) is 0 Å². The number of oxime groups is 1. The maximum absolute atomic E-state index is 5.29. The van der Waals surface area contributed by atoms with Gasteiger partial charge in [0.15, 0.2) is 0 Å². The molecule has 0 aliphatic heterocycles. The predicted octanol–water partition coefficient (Wildman–Crippen LogP) is 3.57. The number of nitrogens with zero attached hydrogens (tertiary/aromatic N) is 3. The second kappa shape index (κ2) is 5.07. The Morgan fingerprint density at radius 2 is 1.55 bits per heavy atom. The molecule has 0 unspecified atom stereocenters. The third-order valence-corrected chi connectivity index (χ3v) is 3.58. The zero-order valence-corrected chi connectivity index (χ0v) is 11.9. The van der Waals surface area contributed by atoms with Crippen LogP contribution in [0, 0.1) is 0 Å². The van der Waals surface area contributed by atoms with Crippen LogP contribution in [0.3, 0.4) is 0 Å². The molecular weight excluding hydrogens is 274 g/mol. The molecule has 0 saturated heterocycles. The van der Waals surface area contributed by atoms with Gasteiger partial charge in [-0.3, -0.25) is 0 Å². The molecule has 4 heteroatoms. The van der Waals surface area contributed by atoms with Gasteiger partial charge < -0.3 is 4.84 Å². The van der Waals surface area contributed by atoms with Gasteiger partial charge in [0.25, 0.3) is 0 Å². The molecule has 1 heterocycles. The average Bonchev–Trinajstić information content (AvgIpc) is 2.87. The van der Waals surface area contributed by atoms with Crippen LogP contribution in [0.4, 0.5) is 0 Å². The second-order valence-corrected chi connectivity index (χ2v) is 4.98. The van der Waals surface area contributed by atoms with Crippen LogP contribution < -0.4 is 0 Å². The maximum atomic E-state index is 5.29. The van der Waals surface area contributed by atoms with Crippen LogP contribution in [-0.2, 0) is 4.84 Å². The van der Waals surface area contributed by atoms with Gasteiger partial charge in [-0.1, -0.05) is 54.2 Å². The number of benzene rings is 2. The quantitative estimate of drug-likeness (QED) is 0.329. The summed E-state index contributed by atoms with van der Waals surface area (Å²) in [7, 11) is 0. The molecule has 0 spiro atoms. The lowest BCUT2D eigenvalue weighted by Crippen LogP contribution is -2.03. The molecule has 1 aromatic heterocycles. The highest BCUT2D eigenvalue weighted by atomic mass is 16.6. The summed E-state index contributed by atoms with van der Waals surface area (Å²) >= 11 is 0. The van der Waals surface area contributed by atoms with Crippen molar-refractivity contribution in [2.75, 3.05) is 6.61 Å². The van der Waals surface area contributed by atoms with Crippen LogP contribution >= 0.6 is 0 Å². The topological polar surface area (TPSA) is 47.4 Å². The first-order valence-electron chi connectivity index (χ1n) is 7.06. The van der Waals surface area contributed by atoms with Gasteiger partial charge in [-0.2, -0.15) is 0 Å². The van der Waals surface area contributed by atoms with Crippen molar-refractivity contribution in [2.24, 2.45) is 5.16 Å². The van der Waals surface area contributed by atoms with E-state index in [0.29, 0.717) is 6.61 Å². The fourth-order valence-electron chi connectivity index (χ4n) is 2.62. The van der Waals surface area contributed by atoms with Crippen LogP contribution in [0.5, 0.6) is 0 Å². The van der Waals surface area contributed by atoms with E-state index in [1.165, 1.54) is 0 Å². The summed E-state index contributed by atoms with van der Waals surface area (Å²) in [6.45, 7) is 4.00. The van der Waals surface area contributed by atoms with Crippen LogP contribution in [0.25, 0.3) is 22.3 Å². The van der Waals surface area contributed by atoms with Crippen molar-refractivity contribution in [3.05, 3.63) is 72.4 Å². The van der Waals surface area contributed by atoms with Crippen molar-refractivity contribution >= 4 is 16.7 Å². The molecule has 0 N–H and O–H groups in total. The standard InChI is InChI=1S/C18H13N3O/c1-2-11-22-21-17-13-8-4-3-7-12(13)16-18(17)20-15-10-6-5-9-14(15)19-16/h2-10H,1,11H2/b21-17+. The van der Waals surface area contributed by atoms with E-state index in [2.05, 4.69) is 11.7 Å². The van der Waals surface area contributed by atoms with Gasteiger partial charge in [0.1, 0.15) is 18.0 Å². The highest BCUT2D eigenvalue weighted by molar-refractivity contribution is 6.23. The summed E-state index contributed by atoms with van der Waals surface area (Å²) in [4.78, 5) is 14.8. The smallest absolute Gasteiger partial charge is 0.138 e. The lowest BCUT2D eigenvalue weighted by Gasteiger charge is -2.02. The van der Waals surface area contributed by atoms with Gasteiger partial charge in [-0.05, 0) is 12.1 Å². The third kappa shape index (κ3) is 1.89. The zero-order valence-electron chi connectivity index (χ0n) is 11.9. The molecule has 2 aromatic carbocycles. The van der Waals surface area contributed by atoms with Gasteiger partial charge in [0.2, 0.25) is 0 Å². The first kappa shape index (κ1) is 12.7. The Kier molecular flexibility index (Phi) is 2.93. The molecule has 0 radical (unpaired) electrons. The maximum Gasteiger partial charge on any atom is 0.138 e. The Morgan fingerprint density at radius 1 is 0.909 bits per heavy atom. The van der Waals surface area contributed by atoms with Crippen molar-refractivity contribution in [3.63, 3.8) is 0 Å². The summed E-state index contributed by atoms with van der Waals surface area (Å²) in [6.07, 6.45) is 1.66. The summed E-state index contributed by atoms with van der Waals surface area (Å²) in [5, 5.41) is 4.25. The van der Waals surface area contributed by atoms with Gasteiger partial charge in [0.05, 0.1) is 16.7 Å². The summed E-state index contributed by atoms with van der Waals surface area (Å²) in [6, 6.07) is 15.9. The van der Waals surface area contributed by atoms with Gasteiger partial charge in [-0.25, -0.2) is 9.97 Å². The molecule has 0 fully saturated rings. The largest absolute Gasteiger partial charge is 0.391 e. The molecule has 0 atom stereocenters. The average molecular weight is 287 g/mol. The van der Waals surface area contributed by atoms with E-state index in [1.54, 1.807) is 6.08 Å². The lowest BCUT2D eigenvalue weighted by atomic mass is 10.1. The number of rotatable bonds is 3. The molecule has 4 rings (SSSR count). The van der Waals surface area contributed by atoms with Crippen molar-refractivity contribution in [2.45, 2.75) is 0 Å². The minimum atomic E-state index is 0.363. The van der Waals surface area contributed by atoms with E-state index in [1.807, 2.05) is 48.5 Å². The Bertz CT molecular complexity index is 915. The zero-order chi connectivity index (χ0) is 14.9. The molecule has 0 saturated carbocycles. The van der Waals surface area contributed by atoms with Crippen molar-refractivity contribution in [3.8, 4) is 11.3 Å². The van der Waals surface area contributed by atoms with Gasteiger partial charge in [0, 0.05) is 11.1 Å². The molecule has 106 valence electrons. The van der Waals surface area contributed by atoms with Gasteiger partial charge in [-0.15, -0.1) is 0 Å². The minimum absolute atomic E-state index is 0.363. The highest BCUT2D eigenvalue weighted by Crippen LogP contribution is 2.35. The van der Waals surface area contributed by atoms with E-state index in [-0.39, 0.29) is 0 Å². The normalized spacial score (nSPS) is 13.9. The number of hydrogen-bond donors (Lipinski definition) is 0. The van der Waals surface area contributed by atoms with E-state index >= 15 is 0 Å². The fourth-order valence-corrected chi connectivity index (χ4v) is 2.62. The van der Waals surface area contributed by atoms with Crippen LogP contribution in [0.1, 0.15) is 11.3 Å². The van der Waals surface area contributed by atoms with Crippen LogP contribution in [0.15, 0.2) is 66.3 Å². The second-order valence-electron chi connectivity index (χ2n) is 4.98. The Morgan fingerprint density at radius 3 is 2.27 bits per heavy atom. The Balaban J connectivity index is 1.97. The molecule has 0 amide bonds. The first-order chi connectivity index (χ1) is 10.9. The number of hydrogen-bond acceptors (Lipinski definition) is 4. The Labute approximate surface area is 127 Å². The molecular formula is C18H13N3O. The van der Waals surface area contributed by atoms with Crippen molar-refractivity contribution in [1.82, 2.24) is 9.97 Å². The van der Waals surface area contributed by atoms with E-state index in [4.69, 9.17) is 14.8 Å². The molecule has 4 nitrogen and oxygen atoms in total. The minimum Gasteiger partial charge on any atom is -0.391 e. The van der Waals surface area contributed by atoms with Crippen molar-refractivity contribution in [1.29, 1.82) is 0 Å². The highest BCUT2D eigenvalue weighted by Gasteiger charge is 2.28. The summed E-state index contributed by atoms with van der Waals surface area (Å²) in [5.41, 5.74) is 6.12. The lowest BCUT2D eigenvalue weighted by molar-refractivity contribution is 0.175. The molecule has 1 aliphatic carbocycles. The third-order valence-electron chi connectivity index (χ3n) is 3.58. The fraction of sp³-hybridized carbons (Fsp3) is 0.0556. The van der Waals surface area contributed by atoms with E-state index in [0.717, 1.165) is 39.3 Å². The molecule has 3 aromatic rings. The SMILES string of the molecule is C=CCO/N=C1\c2ccccc2-c2nc3ccccc3nc21. The van der Waals surface area contributed by atoms with E-state index < -0.39 is 0 Å². The van der Waals surface area contributed by atoms with Crippen LogP contribution in [-0.4, -0.2) is 22.3 Å². The molecule has 1 aliphatic rings. The first-order valence-corrected chi connectivity index (χ1v) is 7.06. The summed E-state index contributed by atoms with van der Waals surface area (Å²) < 4.78 is 0. The number of aromatic nitrogens is 2. The Hall–Kier alpha value is -3.01. The predicted molar refractivity (Wildman–Crippen MR) is 86.8 cm³/mol.